The predicted molar refractivity (Wildman–Crippen MR) is 128 cm³/mol. The second-order valence-electron chi connectivity index (χ2n) is 7.84. The van der Waals surface area contributed by atoms with Gasteiger partial charge in [-0.1, -0.05) is 31.5 Å². The summed E-state index contributed by atoms with van der Waals surface area (Å²) in [7, 11) is -0.709. The van der Waals surface area contributed by atoms with Crippen molar-refractivity contribution in [2.45, 2.75) is 50.7 Å². The fraction of sp³-hybridized carbons (Fsp3) is 0.476. The smallest absolute Gasteiger partial charge is 0.242 e. The molecule has 1 atom stereocenters. The number of nitrogens with two attached hydrogens (primary N) is 1. The lowest BCUT2D eigenvalue weighted by Gasteiger charge is -2.15. The molecule has 1 aromatic heterocycles. The molecular formula is C21H31Cl2FN4O3S. The average Bonchev–Trinajstić information content (AvgIpc) is 3.01. The van der Waals surface area contributed by atoms with Gasteiger partial charge >= 0.3 is 0 Å². The maximum Gasteiger partial charge on any atom is 0.242 e. The lowest BCUT2D eigenvalue weighted by Crippen LogP contribution is -2.22. The molecule has 2 rings (SSSR count). The summed E-state index contributed by atoms with van der Waals surface area (Å²) >= 11 is 6.43. The maximum atomic E-state index is 14.1. The van der Waals surface area contributed by atoms with E-state index < -0.39 is 22.0 Å². The number of aliphatic hydroxyl groups excluding tert-OH is 1. The quantitative estimate of drug-likeness (QED) is 0.536. The van der Waals surface area contributed by atoms with Crippen LogP contribution in [0.25, 0.3) is 0 Å². The third-order valence-corrected chi connectivity index (χ3v) is 7.04. The molecule has 0 aliphatic heterocycles. The fourth-order valence-corrected chi connectivity index (χ4v) is 4.57. The van der Waals surface area contributed by atoms with Crippen LogP contribution >= 0.6 is 24.0 Å². The van der Waals surface area contributed by atoms with Crippen LogP contribution in [0.15, 0.2) is 35.0 Å². The average molecular weight is 509 g/mol. The maximum absolute atomic E-state index is 14.1. The van der Waals surface area contributed by atoms with Crippen LogP contribution in [0.1, 0.15) is 55.3 Å². The van der Waals surface area contributed by atoms with E-state index in [-0.39, 0.29) is 41.3 Å². The van der Waals surface area contributed by atoms with Gasteiger partial charge in [0.1, 0.15) is 5.83 Å². The highest BCUT2D eigenvalue weighted by atomic mass is 35.5. The van der Waals surface area contributed by atoms with Gasteiger partial charge in [-0.15, -0.1) is 12.4 Å². The third-order valence-electron chi connectivity index (χ3n) is 4.88. The first-order valence-electron chi connectivity index (χ1n) is 9.93. The minimum Gasteiger partial charge on any atom is -0.387 e. The standard InChI is InChI=1S/C21H30ClFN4O3S.ClH/c1-13(2)20-18(21(14(3)28)27(25-20)12-16(23)8-9-24)10-15-6-7-17(11-19(15)22)31(29,30)26(4)5;/h6-8,11,13-14,28H,9-10,12,24H2,1-5H3;1H/b16-8-;. The van der Waals surface area contributed by atoms with Crippen molar-refractivity contribution in [1.29, 1.82) is 0 Å². The molecule has 2 aromatic rings. The van der Waals surface area contributed by atoms with Gasteiger partial charge in [0.05, 0.1) is 28.9 Å². The van der Waals surface area contributed by atoms with Gasteiger partial charge in [0.15, 0.2) is 0 Å². The van der Waals surface area contributed by atoms with Crippen molar-refractivity contribution in [1.82, 2.24) is 14.1 Å². The zero-order valence-electron chi connectivity index (χ0n) is 18.8. The first kappa shape index (κ1) is 28.5. The summed E-state index contributed by atoms with van der Waals surface area (Å²) in [6.45, 7) is 5.45. The highest BCUT2D eigenvalue weighted by Gasteiger charge is 2.25. The normalized spacial score (nSPS) is 13.5. The molecule has 0 saturated heterocycles. The van der Waals surface area contributed by atoms with Crippen molar-refractivity contribution >= 4 is 34.0 Å². The Morgan fingerprint density at radius 3 is 2.44 bits per heavy atom. The molecule has 32 heavy (non-hydrogen) atoms. The Morgan fingerprint density at radius 2 is 1.97 bits per heavy atom. The summed E-state index contributed by atoms with van der Waals surface area (Å²) < 4.78 is 41.5. The van der Waals surface area contributed by atoms with E-state index in [2.05, 4.69) is 5.10 Å². The SMILES string of the molecule is CC(C)c1nn(C/C(F)=C/CN)c(C(C)O)c1Cc1ccc(S(=O)(=O)N(C)C)cc1Cl.Cl. The van der Waals surface area contributed by atoms with E-state index in [0.717, 1.165) is 15.6 Å². The minimum absolute atomic E-state index is 0. The Morgan fingerprint density at radius 1 is 1.34 bits per heavy atom. The molecule has 0 spiro atoms. The van der Waals surface area contributed by atoms with E-state index in [1.54, 1.807) is 13.0 Å². The van der Waals surface area contributed by atoms with Crippen LogP contribution in [0.4, 0.5) is 4.39 Å². The van der Waals surface area contributed by atoms with Crippen molar-refractivity contribution in [3.8, 4) is 0 Å². The number of hydrogen-bond donors (Lipinski definition) is 2. The number of benzene rings is 1. The lowest BCUT2D eigenvalue weighted by molar-refractivity contribution is 0.186. The fourth-order valence-electron chi connectivity index (χ4n) is 3.33. The number of hydrogen-bond acceptors (Lipinski definition) is 5. The number of aliphatic hydroxyl groups is 1. The molecule has 0 amide bonds. The molecule has 3 N–H and O–H groups in total. The van der Waals surface area contributed by atoms with Crippen molar-refractivity contribution in [2.75, 3.05) is 20.6 Å². The Kier molecular flexibility index (Phi) is 10.3. The van der Waals surface area contributed by atoms with Crippen molar-refractivity contribution in [3.63, 3.8) is 0 Å². The van der Waals surface area contributed by atoms with E-state index >= 15 is 0 Å². The van der Waals surface area contributed by atoms with E-state index in [9.17, 15) is 17.9 Å². The largest absolute Gasteiger partial charge is 0.387 e. The summed E-state index contributed by atoms with van der Waals surface area (Å²) in [5.74, 6) is -0.424. The van der Waals surface area contributed by atoms with Gasteiger partial charge in [-0.05, 0) is 36.6 Å². The van der Waals surface area contributed by atoms with E-state index in [1.807, 2.05) is 13.8 Å². The first-order valence-corrected chi connectivity index (χ1v) is 11.7. The molecule has 0 bridgehead atoms. The van der Waals surface area contributed by atoms with Crippen molar-refractivity contribution in [2.24, 2.45) is 5.73 Å². The van der Waals surface area contributed by atoms with Gasteiger partial charge < -0.3 is 10.8 Å². The summed E-state index contributed by atoms with van der Waals surface area (Å²) in [6, 6.07) is 4.57. The minimum atomic E-state index is -3.61. The molecule has 0 saturated carbocycles. The zero-order valence-corrected chi connectivity index (χ0v) is 21.2. The lowest BCUT2D eigenvalue weighted by atomic mass is 9.96. The Hall–Kier alpha value is -1.49. The molecule has 1 heterocycles. The zero-order chi connectivity index (χ0) is 23.5. The summed E-state index contributed by atoms with van der Waals surface area (Å²) in [6.07, 6.45) is 0.688. The van der Waals surface area contributed by atoms with Crippen LogP contribution in [0.2, 0.25) is 5.02 Å². The van der Waals surface area contributed by atoms with Gasteiger partial charge in [-0.3, -0.25) is 4.68 Å². The van der Waals surface area contributed by atoms with Crippen LogP contribution in [0, 0.1) is 0 Å². The second-order valence-corrected chi connectivity index (χ2v) is 10.4. The Bertz CT molecular complexity index is 1070. The Balaban J connectivity index is 0.00000512. The number of sulfonamides is 1. The molecule has 1 unspecified atom stereocenters. The molecule has 0 aliphatic rings. The molecule has 0 radical (unpaired) electrons. The van der Waals surface area contributed by atoms with Crippen LogP contribution in [0.5, 0.6) is 0 Å². The molecule has 7 nitrogen and oxygen atoms in total. The number of nitrogens with zero attached hydrogens (tertiary/aromatic N) is 3. The summed E-state index contributed by atoms with van der Waals surface area (Å²) in [5, 5.41) is 15.3. The van der Waals surface area contributed by atoms with Gasteiger partial charge in [0.2, 0.25) is 10.0 Å². The van der Waals surface area contributed by atoms with E-state index in [1.165, 1.54) is 37.0 Å². The first-order chi connectivity index (χ1) is 14.4. The summed E-state index contributed by atoms with van der Waals surface area (Å²) in [4.78, 5) is 0.0933. The van der Waals surface area contributed by atoms with Gasteiger partial charge in [0.25, 0.3) is 0 Å². The van der Waals surface area contributed by atoms with E-state index in [0.29, 0.717) is 17.7 Å². The predicted octanol–water partition coefficient (Wildman–Crippen LogP) is 3.79. The molecular weight excluding hydrogens is 478 g/mol. The summed E-state index contributed by atoms with van der Waals surface area (Å²) in [5.41, 5.74) is 8.03. The van der Waals surface area contributed by atoms with E-state index in [4.69, 9.17) is 17.3 Å². The number of allylic oxidation sites excluding steroid dienone is 1. The number of aromatic nitrogens is 2. The Labute approximate surface area is 200 Å². The number of halogens is 3. The molecule has 180 valence electrons. The van der Waals surface area contributed by atoms with Gasteiger partial charge in [-0.2, -0.15) is 5.10 Å². The molecule has 0 fully saturated rings. The highest BCUT2D eigenvalue weighted by Crippen LogP contribution is 2.32. The topological polar surface area (TPSA) is 101 Å². The van der Waals surface area contributed by atoms with Crippen LogP contribution in [-0.4, -0.2) is 48.3 Å². The van der Waals surface area contributed by atoms with Gasteiger partial charge in [-0.25, -0.2) is 17.1 Å². The van der Waals surface area contributed by atoms with Crippen LogP contribution < -0.4 is 5.73 Å². The molecule has 0 aliphatic carbocycles. The third kappa shape index (κ3) is 6.30. The van der Waals surface area contributed by atoms with Crippen molar-refractivity contribution in [3.05, 3.63) is 57.6 Å². The highest BCUT2D eigenvalue weighted by molar-refractivity contribution is 7.89. The molecule has 11 heteroatoms. The monoisotopic (exact) mass is 508 g/mol. The van der Waals surface area contributed by atoms with Gasteiger partial charge in [0, 0.05) is 37.6 Å². The van der Waals surface area contributed by atoms with Crippen molar-refractivity contribution < 1.29 is 17.9 Å². The second kappa shape index (κ2) is 11.6. The molecule has 1 aromatic carbocycles. The van der Waals surface area contributed by atoms with Crippen LogP contribution in [-0.2, 0) is 23.0 Å². The number of rotatable bonds is 9. The van der Waals surface area contributed by atoms with Crippen LogP contribution in [0.3, 0.4) is 0 Å².